The SMILES string of the molecule is O=Nc1ccc(O)c(OCC(=O)O)c1. The van der Waals surface area contributed by atoms with E-state index in [9.17, 15) is 14.8 Å². The Bertz CT molecular complexity index is 363. The maximum atomic E-state index is 10.1. The number of nitroso groups, excluding NO2 is 1. The van der Waals surface area contributed by atoms with Gasteiger partial charge in [0.1, 0.15) is 5.69 Å². The molecule has 14 heavy (non-hydrogen) atoms. The number of phenolic OH excluding ortho intramolecular Hbond substituents is 1. The maximum Gasteiger partial charge on any atom is 0.341 e. The minimum absolute atomic E-state index is 0.0585. The molecule has 1 aromatic rings. The van der Waals surface area contributed by atoms with Crippen molar-refractivity contribution in [2.75, 3.05) is 6.61 Å². The lowest BCUT2D eigenvalue weighted by Crippen LogP contribution is -2.09. The minimum Gasteiger partial charge on any atom is -0.504 e. The summed E-state index contributed by atoms with van der Waals surface area (Å²) in [7, 11) is 0. The first kappa shape index (κ1) is 9.97. The monoisotopic (exact) mass is 197 g/mol. The van der Waals surface area contributed by atoms with E-state index >= 15 is 0 Å². The van der Waals surface area contributed by atoms with Gasteiger partial charge in [-0.15, -0.1) is 4.91 Å². The Morgan fingerprint density at radius 2 is 2.21 bits per heavy atom. The first-order chi connectivity index (χ1) is 6.63. The Kier molecular flexibility index (Phi) is 3.01. The van der Waals surface area contributed by atoms with Crippen LogP contribution in [-0.2, 0) is 4.79 Å². The lowest BCUT2D eigenvalue weighted by molar-refractivity contribution is -0.139. The van der Waals surface area contributed by atoms with E-state index in [1.54, 1.807) is 0 Å². The van der Waals surface area contributed by atoms with Crippen LogP contribution in [-0.4, -0.2) is 22.8 Å². The molecular weight excluding hydrogens is 190 g/mol. The molecule has 74 valence electrons. The number of ether oxygens (including phenoxy) is 1. The van der Waals surface area contributed by atoms with Crippen LogP contribution in [0.3, 0.4) is 0 Å². The van der Waals surface area contributed by atoms with Gasteiger partial charge in [-0.1, -0.05) is 0 Å². The molecule has 0 radical (unpaired) electrons. The third-order valence-corrected chi connectivity index (χ3v) is 1.40. The Morgan fingerprint density at radius 1 is 1.50 bits per heavy atom. The van der Waals surface area contributed by atoms with E-state index in [2.05, 4.69) is 5.18 Å². The number of phenols is 1. The highest BCUT2D eigenvalue weighted by Crippen LogP contribution is 2.30. The van der Waals surface area contributed by atoms with Crippen LogP contribution in [0.4, 0.5) is 5.69 Å². The fraction of sp³-hybridized carbons (Fsp3) is 0.125. The smallest absolute Gasteiger partial charge is 0.341 e. The molecule has 0 saturated carbocycles. The summed E-state index contributed by atoms with van der Waals surface area (Å²) >= 11 is 0. The second-order valence-electron chi connectivity index (χ2n) is 2.43. The first-order valence-electron chi connectivity index (χ1n) is 3.64. The number of rotatable bonds is 4. The summed E-state index contributed by atoms with van der Waals surface area (Å²) in [5, 5.41) is 20.1. The highest BCUT2D eigenvalue weighted by atomic mass is 16.5. The topological polar surface area (TPSA) is 96.2 Å². The zero-order valence-electron chi connectivity index (χ0n) is 7.01. The van der Waals surface area contributed by atoms with Gasteiger partial charge in [0.15, 0.2) is 18.1 Å². The average molecular weight is 197 g/mol. The van der Waals surface area contributed by atoms with Crippen LogP contribution >= 0.6 is 0 Å². The Hall–Kier alpha value is -2.11. The minimum atomic E-state index is -1.17. The molecule has 0 heterocycles. The van der Waals surface area contributed by atoms with Gasteiger partial charge in [-0.2, -0.15) is 0 Å². The van der Waals surface area contributed by atoms with Crippen LogP contribution in [0.15, 0.2) is 23.4 Å². The van der Waals surface area contributed by atoms with E-state index < -0.39 is 12.6 Å². The first-order valence-corrected chi connectivity index (χ1v) is 3.64. The molecule has 0 fully saturated rings. The number of aliphatic carboxylic acids is 1. The van der Waals surface area contributed by atoms with Gasteiger partial charge in [-0.3, -0.25) is 0 Å². The molecule has 0 aliphatic carbocycles. The van der Waals surface area contributed by atoms with Crippen molar-refractivity contribution in [2.24, 2.45) is 5.18 Å². The van der Waals surface area contributed by atoms with Gasteiger partial charge in [0.25, 0.3) is 0 Å². The summed E-state index contributed by atoms with van der Waals surface area (Å²) in [4.78, 5) is 20.3. The van der Waals surface area contributed by atoms with Crippen LogP contribution < -0.4 is 4.74 Å². The lowest BCUT2D eigenvalue weighted by atomic mass is 10.3. The number of carbonyl (C=O) groups is 1. The summed E-state index contributed by atoms with van der Waals surface area (Å²) < 4.78 is 4.69. The summed E-state index contributed by atoms with van der Waals surface area (Å²) in [6.45, 7) is -0.587. The molecule has 0 saturated heterocycles. The van der Waals surface area contributed by atoms with Crippen molar-refractivity contribution in [3.05, 3.63) is 23.1 Å². The number of aromatic hydroxyl groups is 1. The maximum absolute atomic E-state index is 10.1. The molecule has 0 spiro atoms. The van der Waals surface area contributed by atoms with Gasteiger partial charge in [0, 0.05) is 6.07 Å². The largest absolute Gasteiger partial charge is 0.504 e. The van der Waals surface area contributed by atoms with E-state index in [0.29, 0.717) is 0 Å². The highest BCUT2D eigenvalue weighted by Gasteiger charge is 2.06. The Morgan fingerprint density at radius 3 is 2.79 bits per heavy atom. The number of carboxylic acids is 1. The van der Waals surface area contributed by atoms with E-state index in [1.807, 2.05) is 0 Å². The van der Waals surface area contributed by atoms with E-state index in [0.717, 1.165) is 6.07 Å². The molecule has 0 aromatic heterocycles. The predicted octanol–water partition coefficient (Wildman–Crippen LogP) is 1.25. The van der Waals surface area contributed by atoms with Gasteiger partial charge in [0.2, 0.25) is 0 Å². The van der Waals surface area contributed by atoms with E-state index in [1.165, 1.54) is 12.1 Å². The van der Waals surface area contributed by atoms with Gasteiger partial charge >= 0.3 is 5.97 Å². The number of benzene rings is 1. The third kappa shape index (κ3) is 2.44. The summed E-state index contributed by atoms with van der Waals surface area (Å²) in [6.07, 6.45) is 0. The van der Waals surface area contributed by atoms with Crippen molar-refractivity contribution in [1.29, 1.82) is 0 Å². The molecule has 6 heteroatoms. The number of hydrogen-bond donors (Lipinski definition) is 2. The molecule has 2 N–H and O–H groups in total. The lowest BCUT2D eigenvalue weighted by Gasteiger charge is -2.04. The fourth-order valence-electron chi connectivity index (χ4n) is 0.815. The molecule has 1 aromatic carbocycles. The Balaban J connectivity index is 2.83. The second kappa shape index (κ2) is 4.22. The standard InChI is InChI=1S/C8H7NO5/c10-6-2-1-5(9-13)3-7(6)14-4-8(11)12/h1-3,10H,4H2,(H,11,12). The summed E-state index contributed by atoms with van der Waals surface area (Å²) in [6, 6.07) is 3.65. The van der Waals surface area contributed by atoms with Crippen LogP contribution in [0.2, 0.25) is 0 Å². The Labute approximate surface area is 78.7 Å². The van der Waals surface area contributed by atoms with Crippen LogP contribution in [0, 0.1) is 4.91 Å². The van der Waals surface area contributed by atoms with Crippen molar-refractivity contribution in [3.8, 4) is 11.5 Å². The highest BCUT2D eigenvalue weighted by molar-refractivity contribution is 5.68. The van der Waals surface area contributed by atoms with Crippen LogP contribution in [0.1, 0.15) is 0 Å². The second-order valence-corrected chi connectivity index (χ2v) is 2.43. The molecule has 1 rings (SSSR count). The van der Waals surface area contributed by atoms with Crippen molar-refractivity contribution >= 4 is 11.7 Å². The molecule has 6 nitrogen and oxygen atoms in total. The molecule has 0 aliphatic heterocycles. The molecule has 0 unspecified atom stereocenters. The molecule has 0 amide bonds. The number of carboxylic acid groups (broad SMARTS) is 1. The number of nitrogens with zero attached hydrogens (tertiary/aromatic N) is 1. The van der Waals surface area contributed by atoms with Crippen LogP contribution in [0.5, 0.6) is 11.5 Å². The van der Waals surface area contributed by atoms with Crippen molar-refractivity contribution in [1.82, 2.24) is 0 Å². The van der Waals surface area contributed by atoms with Gasteiger partial charge in [0.05, 0.1) is 0 Å². The zero-order valence-corrected chi connectivity index (χ0v) is 7.01. The molecule has 0 bridgehead atoms. The number of hydrogen-bond acceptors (Lipinski definition) is 5. The van der Waals surface area contributed by atoms with Crippen molar-refractivity contribution < 1.29 is 19.7 Å². The fourth-order valence-corrected chi connectivity index (χ4v) is 0.815. The van der Waals surface area contributed by atoms with Crippen molar-refractivity contribution in [3.63, 3.8) is 0 Å². The third-order valence-electron chi connectivity index (χ3n) is 1.40. The zero-order chi connectivity index (χ0) is 10.6. The van der Waals surface area contributed by atoms with Gasteiger partial charge in [-0.25, -0.2) is 4.79 Å². The van der Waals surface area contributed by atoms with Crippen molar-refractivity contribution in [2.45, 2.75) is 0 Å². The molecule has 0 aliphatic rings. The summed E-state index contributed by atoms with van der Waals surface area (Å²) in [5.41, 5.74) is 0.0585. The van der Waals surface area contributed by atoms with E-state index in [4.69, 9.17) is 9.84 Å². The van der Waals surface area contributed by atoms with E-state index in [-0.39, 0.29) is 17.2 Å². The quantitative estimate of drug-likeness (QED) is 0.708. The summed E-state index contributed by atoms with van der Waals surface area (Å²) in [5.74, 6) is -1.49. The van der Waals surface area contributed by atoms with Gasteiger partial charge < -0.3 is 14.9 Å². The molecule has 0 atom stereocenters. The average Bonchev–Trinajstić information content (AvgIpc) is 2.16. The van der Waals surface area contributed by atoms with Crippen LogP contribution in [0.25, 0.3) is 0 Å². The normalized spacial score (nSPS) is 9.43. The van der Waals surface area contributed by atoms with Gasteiger partial charge in [-0.05, 0) is 17.3 Å². The predicted molar refractivity (Wildman–Crippen MR) is 46.7 cm³/mol. The molecular formula is C8H7NO5.